The van der Waals surface area contributed by atoms with Crippen molar-refractivity contribution >= 4 is 22.5 Å². The minimum Gasteiger partial charge on any atom is -0.497 e. The van der Waals surface area contributed by atoms with E-state index in [9.17, 15) is 13.2 Å². The topological polar surface area (TPSA) is 62.8 Å². The Balaban J connectivity index is 2.01. The molecule has 3 aromatic rings. The van der Waals surface area contributed by atoms with Gasteiger partial charge in [0.15, 0.2) is 5.82 Å². The maximum Gasteiger partial charge on any atom is 0.416 e. The second-order valence-corrected chi connectivity index (χ2v) is 4.54. The van der Waals surface area contributed by atoms with E-state index in [0.29, 0.717) is 16.9 Å². The number of aromatic amines is 1. The second-order valence-electron chi connectivity index (χ2n) is 4.54. The van der Waals surface area contributed by atoms with Gasteiger partial charge in [-0.2, -0.15) is 18.3 Å². The molecule has 0 bridgehead atoms. The summed E-state index contributed by atoms with van der Waals surface area (Å²) in [4.78, 5) is 4.14. The molecule has 114 valence electrons. The van der Waals surface area contributed by atoms with Crippen molar-refractivity contribution in [1.29, 1.82) is 0 Å². The van der Waals surface area contributed by atoms with Gasteiger partial charge in [-0.05, 0) is 24.3 Å². The molecule has 8 heteroatoms. The van der Waals surface area contributed by atoms with Crippen molar-refractivity contribution in [2.24, 2.45) is 0 Å². The molecule has 1 aromatic carbocycles. The van der Waals surface area contributed by atoms with E-state index in [1.165, 1.54) is 13.2 Å². The third-order valence-corrected chi connectivity index (χ3v) is 3.05. The van der Waals surface area contributed by atoms with E-state index in [4.69, 9.17) is 4.74 Å². The van der Waals surface area contributed by atoms with Crippen LogP contribution in [0, 0.1) is 0 Å². The zero-order valence-corrected chi connectivity index (χ0v) is 11.4. The van der Waals surface area contributed by atoms with E-state index in [1.54, 1.807) is 18.3 Å². The summed E-state index contributed by atoms with van der Waals surface area (Å²) in [7, 11) is 1.31. The molecule has 0 atom stereocenters. The predicted octanol–water partition coefficient (Wildman–Crippen LogP) is 3.73. The van der Waals surface area contributed by atoms with Crippen LogP contribution in [-0.4, -0.2) is 22.3 Å². The van der Waals surface area contributed by atoms with E-state index < -0.39 is 11.7 Å². The van der Waals surface area contributed by atoms with Gasteiger partial charge in [-0.15, -0.1) is 0 Å². The van der Waals surface area contributed by atoms with Crippen LogP contribution in [0.2, 0.25) is 0 Å². The van der Waals surface area contributed by atoms with Crippen LogP contribution in [0.5, 0.6) is 5.75 Å². The van der Waals surface area contributed by atoms with E-state index in [1.807, 2.05) is 0 Å². The quantitative estimate of drug-likeness (QED) is 0.774. The molecule has 0 amide bonds. The molecule has 2 aromatic heterocycles. The molecule has 0 aliphatic rings. The van der Waals surface area contributed by atoms with Crippen molar-refractivity contribution in [3.8, 4) is 5.75 Å². The summed E-state index contributed by atoms with van der Waals surface area (Å²) in [5, 5.41) is 9.60. The van der Waals surface area contributed by atoms with Gasteiger partial charge < -0.3 is 10.1 Å². The Bertz CT molecular complexity index is 813. The first-order valence-electron chi connectivity index (χ1n) is 6.30. The SMILES string of the molecule is COc1cc(Nc2n[nH]c3cccnc23)cc(C(F)(F)F)c1. The number of halogens is 3. The smallest absolute Gasteiger partial charge is 0.416 e. The van der Waals surface area contributed by atoms with Crippen molar-refractivity contribution in [2.75, 3.05) is 12.4 Å². The molecule has 0 unspecified atom stereocenters. The molecule has 3 rings (SSSR count). The van der Waals surface area contributed by atoms with Crippen molar-refractivity contribution in [3.05, 3.63) is 42.1 Å². The number of hydrogen-bond acceptors (Lipinski definition) is 4. The molecule has 0 aliphatic heterocycles. The number of alkyl halides is 3. The fraction of sp³-hybridized carbons (Fsp3) is 0.143. The largest absolute Gasteiger partial charge is 0.497 e. The van der Waals surface area contributed by atoms with Crippen molar-refractivity contribution in [3.63, 3.8) is 0 Å². The van der Waals surface area contributed by atoms with Gasteiger partial charge >= 0.3 is 6.18 Å². The summed E-state index contributed by atoms with van der Waals surface area (Å²) < 4.78 is 43.6. The number of fused-ring (bicyclic) bond motifs is 1. The number of rotatable bonds is 3. The van der Waals surface area contributed by atoms with Gasteiger partial charge in [0.2, 0.25) is 0 Å². The first-order valence-corrected chi connectivity index (χ1v) is 6.30. The lowest BCUT2D eigenvalue weighted by atomic mass is 10.1. The van der Waals surface area contributed by atoms with Gasteiger partial charge in [-0.3, -0.25) is 10.1 Å². The van der Waals surface area contributed by atoms with Crippen LogP contribution in [0.3, 0.4) is 0 Å². The standard InChI is InChI=1S/C14H11F3N4O/c1-22-10-6-8(14(15,16)17)5-9(7-10)19-13-12-11(20-21-13)3-2-4-18-12/h2-7H,1H3,(H2,19,20,21). The van der Waals surface area contributed by atoms with Gasteiger partial charge in [0, 0.05) is 18.0 Å². The molecule has 0 radical (unpaired) electrons. The highest BCUT2D eigenvalue weighted by Crippen LogP contribution is 2.35. The fourth-order valence-corrected chi connectivity index (χ4v) is 2.03. The summed E-state index contributed by atoms with van der Waals surface area (Å²) in [5.41, 5.74) is 0.635. The number of pyridine rings is 1. The van der Waals surface area contributed by atoms with Crippen LogP contribution in [0.15, 0.2) is 36.5 Å². The fourth-order valence-electron chi connectivity index (χ4n) is 2.03. The van der Waals surface area contributed by atoms with Crippen LogP contribution in [0.4, 0.5) is 24.7 Å². The molecule has 0 fully saturated rings. The normalized spacial score (nSPS) is 11.6. The van der Waals surface area contributed by atoms with Crippen molar-refractivity contribution in [2.45, 2.75) is 6.18 Å². The molecular formula is C14H11F3N4O. The Morgan fingerprint density at radius 1 is 1.23 bits per heavy atom. The monoisotopic (exact) mass is 308 g/mol. The third-order valence-electron chi connectivity index (χ3n) is 3.05. The summed E-state index contributed by atoms with van der Waals surface area (Å²) in [6.45, 7) is 0. The molecule has 0 saturated heterocycles. The number of anilines is 2. The Labute approximate surface area is 123 Å². The lowest BCUT2D eigenvalue weighted by Gasteiger charge is -2.12. The molecule has 5 nitrogen and oxygen atoms in total. The summed E-state index contributed by atoms with van der Waals surface area (Å²) in [6.07, 6.45) is -2.88. The maximum atomic E-state index is 12.9. The molecule has 2 N–H and O–H groups in total. The third kappa shape index (κ3) is 2.67. The Hall–Kier alpha value is -2.77. The van der Waals surface area contributed by atoms with E-state index in [-0.39, 0.29) is 11.4 Å². The average Bonchev–Trinajstić information content (AvgIpc) is 2.89. The molecular weight excluding hydrogens is 297 g/mol. The Morgan fingerprint density at radius 3 is 2.77 bits per heavy atom. The van der Waals surface area contributed by atoms with Crippen LogP contribution < -0.4 is 10.1 Å². The van der Waals surface area contributed by atoms with Crippen molar-refractivity contribution in [1.82, 2.24) is 15.2 Å². The number of aromatic nitrogens is 3. The van der Waals surface area contributed by atoms with Crippen molar-refractivity contribution < 1.29 is 17.9 Å². The number of nitrogens with one attached hydrogen (secondary N) is 2. The molecule has 2 heterocycles. The molecule has 0 aliphatic carbocycles. The van der Waals surface area contributed by atoms with Gasteiger partial charge in [-0.1, -0.05) is 0 Å². The number of hydrogen-bond donors (Lipinski definition) is 2. The van der Waals surface area contributed by atoms with Crippen LogP contribution in [-0.2, 0) is 6.18 Å². The molecule has 0 saturated carbocycles. The highest BCUT2D eigenvalue weighted by molar-refractivity contribution is 5.87. The van der Waals surface area contributed by atoms with Crippen LogP contribution in [0.1, 0.15) is 5.56 Å². The Kier molecular flexibility index (Phi) is 3.36. The van der Waals surface area contributed by atoms with E-state index >= 15 is 0 Å². The Morgan fingerprint density at radius 2 is 2.05 bits per heavy atom. The molecule has 0 spiro atoms. The van der Waals surface area contributed by atoms with E-state index in [0.717, 1.165) is 12.1 Å². The summed E-state index contributed by atoms with van der Waals surface area (Å²) in [6, 6.07) is 6.89. The van der Waals surface area contributed by atoms with Crippen LogP contribution >= 0.6 is 0 Å². The average molecular weight is 308 g/mol. The maximum absolute atomic E-state index is 12.9. The van der Waals surface area contributed by atoms with Gasteiger partial charge in [0.25, 0.3) is 0 Å². The van der Waals surface area contributed by atoms with Gasteiger partial charge in [0.05, 0.1) is 18.2 Å². The lowest BCUT2D eigenvalue weighted by molar-refractivity contribution is -0.137. The van der Waals surface area contributed by atoms with Gasteiger partial charge in [0.1, 0.15) is 11.3 Å². The number of nitrogens with zero attached hydrogens (tertiary/aromatic N) is 2. The lowest BCUT2D eigenvalue weighted by Crippen LogP contribution is -2.06. The number of benzene rings is 1. The number of H-pyrrole nitrogens is 1. The van der Waals surface area contributed by atoms with Crippen LogP contribution in [0.25, 0.3) is 11.0 Å². The highest BCUT2D eigenvalue weighted by Gasteiger charge is 2.31. The summed E-state index contributed by atoms with van der Waals surface area (Å²) >= 11 is 0. The first kappa shape index (κ1) is 14.2. The van der Waals surface area contributed by atoms with Gasteiger partial charge in [-0.25, -0.2) is 0 Å². The zero-order valence-electron chi connectivity index (χ0n) is 11.4. The second kappa shape index (κ2) is 5.21. The zero-order chi connectivity index (χ0) is 15.7. The van der Waals surface area contributed by atoms with E-state index in [2.05, 4.69) is 20.5 Å². The number of methoxy groups -OCH3 is 1. The first-order chi connectivity index (χ1) is 10.5. The minimum atomic E-state index is -4.46. The predicted molar refractivity (Wildman–Crippen MR) is 75.2 cm³/mol. The highest BCUT2D eigenvalue weighted by atomic mass is 19.4. The number of ether oxygens (including phenoxy) is 1. The minimum absolute atomic E-state index is 0.102. The molecule has 22 heavy (non-hydrogen) atoms. The summed E-state index contributed by atoms with van der Waals surface area (Å²) in [5.74, 6) is 0.446.